The van der Waals surface area contributed by atoms with Gasteiger partial charge in [0.2, 0.25) is 0 Å². The third-order valence-electron chi connectivity index (χ3n) is 5.93. The number of aromatic nitrogens is 2. The topological polar surface area (TPSA) is 18.0 Å². The van der Waals surface area contributed by atoms with Crippen LogP contribution in [0.25, 0.3) is 21.8 Å². The van der Waals surface area contributed by atoms with Gasteiger partial charge in [0.05, 0.1) is 5.52 Å². The molecule has 0 atom stereocenters. The molecule has 3 nitrogen and oxygen atoms in total. The van der Waals surface area contributed by atoms with Crippen molar-refractivity contribution in [2.75, 3.05) is 0 Å². The predicted octanol–water partition coefficient (Wildman–Crippen LogP) is 6.04. The lowest BCUT2D eigenvalue weighted by molar-refractivity contribution is -0.692. The van der Waals surface area contributed by atoms with Crippen molar-refractivity contribution in [1.82, 2.24) is 4.57 Å². The molecule has 0 N–H and O–H groups in total. The monoisotopic (exact) mass is 407 g/mol. The summed E-state index contributed by atoms with van der Waals surface area (Å²) in [5, 5.41) is 2.60. The Labute approximate surface area is 183 Å². The number of benzene rings is 3. The summed E-state index contributed by atoms with van der Waals surface area (Å²) in [7, 11) is 0. The predicted molar refractivity (Wildman–Crippen MR) is 126 cm³/mol. The molecule has 5 aromatic rings. The fraction of sp³-hybridized carbons (Fsp3) is 0.179. The van der Waals surface area contributed by atoms with Crippen molar-refractivity contribution >= 4 is 21.8 Å². The minimum Gasteiger partial charge on any atom is -0.489 e. The highest BCUT2D eigenvalue weighted by molar-refractivity contribution is 6.09. The number of fused-ring (bicyclic) bond motifs is 3. The molecule has 2 heterocycles. The van der Waals surface area contributed by atoms with Gasteiger partial charge in [-0.15, -0.1) is 0 Å². The van der Waals surface area contributed by atoms with E-state index < -0.39 is 0 Å². The van der Waals surface area contributed by atoms with Crippen molar-refractivity contribution in [2.45, 2.75) is 33.5 Å². The lowest BCUT2D eigenvalue weighted by Crippen LogP contribution is -2.31. The average molecular weight is 408 g/mol. The number of aryl methyl sites for hydroxylation is 2. The highest BCUT2D eigenvalue weighted by Gasteiger charge is 2.17. The molecule has 154 valence electrons. The Hall–Kier alpha value is -3.59. The van der Waals surface area contributed by atoms with Gasteiger partial charge in [-0.1, -0.05) is 60.7 Å². The van der Waals surface area contributed by atoms with Crippen LogP contribution in [0.15, 0.2) is 91.3 Å². The Kier molecular flexibility index (Phi) is 5.17. The van der Waals surface area contributed by atoms with Crippen LogP contribution in [0.2, 0.25) is 0 Å². The van der Waals surface area contributed by atoms with Crippen molar-refractivity contribution in [3.8, 4) is 5.75 Å². The largest absolute Gasteiger partial charge is 0.489 e. The van der Waals surface area contributed by atoms with E-state index in [1.54, 1.807) is 0 Å². The zero-order valence-electron chi connectivity index (χ0n) is 18.1. The molecule has 5 rings (SSSR count). The Bertz CT molecular complexity index is 1340. The molecule has 0 radical (unpaired) electrons. The molecule has 3 heteroatoms. The Morgan fingerprint density at radius 1 is 0.839 bits per heavy atom. The third kappa shape index (κ3) is 3.79. The SMILES string of the molecule is CC[n+]1ccc2c3c(C)cc(OCc4ccccc4)cc3n(Cc3ccccc3)c2c1. The second-order valence-corrected chi connectivity index (χ2v) is 8.05. The summed E-state index contributed by atoms with van der Waals surface area (Å²) in [6.45, 7) is 6.71. The van der Waals surface area contributed by atoms with Crippen molar-refractivity contribution in [3.05, 3.63) is 108 Å². The first-order valence-corrected chi connectivity index (χ1v) is 10.9. The van der Waals surface area contributed by atoms with Crippen LogP contribution in [0.1, 0.15) is 23.6 Å². The summed E-state index contributed by atoms with van der Waals surface area (Å²) >= 11 is 0. The zero-order chi connectivity index (χ0) is 21.2. The van der Waals surface area contributed by atoms with Gasteiger partial charge in [0.25, 0.3) is 0 Å². The van der Waals surface area contributed by atoms with Gasteiger partial charge in [-0.3, -0.25) is 0 Å². The number of pyridine rings is 1. The number of hydrogen-bond acceptors (Lipinski definition) is 1. The molecule has 0 amide bonds. The van der Waals surface area contributed by atoms with Gasteiger partial charge in [-0.2, -0.15) is 0 Å². The number of ether oxygens (including phenoxy) is 1. The standard InChI is InChI=1S/C28H27N2O/c1-3-29-15-14-25-27(19-29)30(18-22-10-6-4-7-11-22)26-17-24(16-21(2)28(25)26)31-20-23-12-8-5-9-13-23/h4-17,19H,3,18,20H2,1-2H3/q+1. The lowest BCUT2D eigenvalue weighted by atomic mass is 10.1. The molecular formula is C28H27N2O+. The second-order valence-electron chi connectivity index (χ2n) is 8.05. The normalized spacial score (nSPS) is 11.3. The molecule has 31 heavy (non-hydrogen) atoms. The van der Waals surface area contributed by atoms with E-state index in [0.717, 1.165) is 18.8 Å². The summed E-state index contributed by atoms with van der Waals surface area (Å²) in [4.78, 5) is 0. The molecule has 0 fully saturated rings. The van der Waals surface area contributed by atoms with Crippen LogP contribution in [0.4, 0.5) is 0 Å². The van der Waals surface area contributed by atoms with Crippen LogP contribution in [-0.2, 0) is 19.7 Å². The minimum atomic E-state index is 0.570. The van der Waals surface area contributed by atoms with Crippen LogP contribution in [-0.4, -0.2) is 4.57 Å². The Morgan fingerprint density at radius 2 is 1.55 bits per heavy atom. The van der Waals surface area contributed by atoms with Crippen molar-refractivity contribution < 1.29 is 9.30 Å². The van der Waals surface area contributed by atoms with Gasteiger partial charge in [0, 0.05) is 29.4 Å². The molecule has 3 aromatic carbocycles. The summed E-state index contributed by atoms with van der Waals surface area (Å²) in [6, 6.07) is 27.6. The van der Waals surface area contributed by atoms with E-state index in [0.29, 0.717) is 6.61 Å². The Balaban J connectivity index is 1.64. The van der Waals surface area contributed by atoms with Crippen LogP contribution in [0.5, 0.6) is 5.75 Å². The molecule has 0 bridgehead atoms. The Morgan fingerprint density at radius 3 is 2.26 bits per heavy atom. The molecule has 2 aromatic heterocycles. The van der Waals surface area contributed by atoms with Crippen LogP contribution in [0, 0.1) is 6.92 Å². The van der Waals surface area contributed by atoms with E-state index in [1.807, 2.05) is 18.2 Å². The van der Waals surface area contributed by atoms with Crippen molar-refractivity contribution in [3.63, 3.8) is 0 Å². The minimum absolute atomic E-state index is 0.570. The lowest BCUT2D eigenvalue weighted by Gasteiger charge is -2.11. The molecular weight excluding hydrogens is 380 g/mol. The van der Waals surface area contributed by atoms with E-state index in [2.05, 4.69) is 96.0 Å². The van der Waals surface area contributed by atoms with Gasteiger partial charge >= 0.3 is 0 Å². The first-order chi connectivity index (χ1) is 15.2. The maximum Gasteiger partial charge on any atom is 0.193 e. The fourth-order valence-corrected chi connectivity index (χ4v) is 4.34. The van der Waals surface area contributed by atoms with Gasteiger partial charge < -0.3 is 9.30 Å². The first kappa shape index (κ1) is 19.4. The van der Waals surface area contributed by atoms with Crippen LogP contribution >= 0.6 is 0 Å². The molecule has 0 aliphatic rings. The van der Waals surface area contributed by atoms with E-state index in [1.165, 1.54) is 38.5 Å². The highest BCUT2D eigenvalue weighted by atomic mass is 16.5. The number of hydrogen-bond donors (Lipinski definition) is 0. The van der Waals surface area contributed by atoms with E-state index in [4.69, 9.17) is 4.74 Å². The van der Waals surface area contributed by atoms with E-state index in [-0.39, 0.29) is 0 Å². The molecule has 0 spiro atoms. The van der Waals surface area contributed by atoms with E-state index >= 15 is 0 Å². The maximum atomic E-state index is 6.21. The van der Waals surface area contributed by atoms with Crippen molar-refractivity contribution in [2.24, 2.45) is 0 Å². The molecule has 0 unspecified atom stereocenters. The maximum absolute atomic E-state index is 6.21. The summed E-state index contributed by atoms with van der Waals surface area (Å²) in [5.41, 5.74) is 6.18. The first-order valence-electron chi connectivity index (χ1n) is 10.9. The van der Waals surface area contributed by atoms with Crippen LogP contribution < -0.4 is 9.30 Å². The third-order valence-corrected chi connectivity index (χ3v) is 5.93. The smallest absolute Gasteiger partial charge is 0.193 e. The van der Waals surface area contributed by atoms with Gasteiger partial charge in [-0.05, 0) is 36.6 Å². The second kappa shape index (κ2) is 8.27. The number of nitrogens with zero attached hydrogens (tertiary/aromatic N) is 2. The highest BCUT2D eigenvalue weighted by Crippen LogP contribution is 2.34. The summed E-state index contributed by atoms with van der Waals surface area (Å²) < 4.78 is 10.9. The molecule has 0 aliphatic heterocycles. The number of rotatable bonds is 6. The van der Waals surface area contributed by atoms with E-state index in [9.17, 15) is 0 Å². The molecule has 0 aliphatic carbocycles. The van der Waals surface area contributed by atoms with Gasteiger partial charge in [0.15, 0.2) is 12.4 Å². The average Bonchev–Trinajstić information content (AvgIpc) is 3.12. The molecule has 0 saturated carbocycles. The van der Waals surface area contributed by atoms with Gasteiger partial charge in [-0.25, -0.2) is 4.57 Å². The fourth-order valence-electron chi connectivity index (χ4n) is 4.34. The summed E-state index contributed by atoms with van der Waals surface area (Å²) in [5.74, 6) is 0.911. The zero-order valence-corrected chi connectivity index (χ0v) is 18.1. The van der Waals surface area contributed by atoms with Gasteiger partial charge in [0.1, 0.15) is 24.4 Å². The summed E-state index contributed by atoms with van der Waals surface area (Å²) in [6.07, 6.45) is 4.44. The van der Waals surface area contributed by atoms with Crippen LogP contribution in [0.3, 0.4) is 0 Å². The van der Waals surface area contributed by atoms with Crippen molar-refractivity contribution in [1.29, 1.82) is 0 Å². The molecule has 0 saturated heterocycles. The quantitative estimate of drug-likeness (QED) is 0.314.